The average molecular weight is 328 g/mol. The lowest BCUT2D eigenvalue weighted by atomic mass is 10.2. The van der Waals surface area contributed by atoms with Gasteiger partial charge in [-0.05, 0) is 19.8 Å². The van der Waals surface area contributed by atoms with Crippen molar-refractivity contribution in [2.45, 2.75) is 33.7 Å². The first kappa shape index (κ1) is 17.6. The molecule has 0 aliphatic carbocycles. The molecule has 7 nitrogen and oxygen atoms in total. The Kier molecular flexibility index (Phi) is 5.64. The molecule has 7 heteroatoms. The van der Waals surface area contributed by atoms with Gasteiger partial charge in [0, 0.05) is 18.8 Å². The first-order valence-corrected chi connectivity index (χ1v) is 8.01. The van der Waals surface area contributed by atoms with E-state index >= 15 is 0 Å². The lowest BCUT2D eigenvalue weighted by Crippen LogP contribution is -2.37. The number of urea groups is 1. The van der Waals surface area contributed by atoms with Crippen molar-refractivity contribution in [2.24, 2.45) is 5.92 Å². The minimum atomic E-state index is -0.217. The number of nitrogens with zero attached hydrogens (tertiary/aromatic N) is 3. The van der Waals surface area contributed by atoms with Gasteiger partial charge in [0.2, 0.25) is 0 Å². The molecule has 4 N–H and O–H groups in total. The molecule has 24 heavy (non-hydrogen) atoms. The van der Waals surface area contributed by atoms with Crippen LogP contribution in [0.3, 0.4) is 0 Å². The van der Waals surface area contributed by atoms with Crippen LogP contribution in [0.5, 0.6) is 0 Å². The number of anilines is 1. The highest BCUT2D eigenvalue weighted by atomic mass is 16.2. The van der Waals surface area contributed by atoms with E-state index in [1.807, 2.05) is 24.6 Å². The topological polar surface area (TPSA) is 97.9 Å². The van der Waals surface area contributed by atoms with E-state index in [-0.39, 0.29) is 18.6 Å². The van der Waals surface area contributed by atoms with Gasteiger partial charge in [-0.15, -0.1) is 0 Å². The van der Waals surface area contributed by atoms with Crippen molar-refractivity contribution >= 4 is 22.9 Å². The molecule has 0 unspecified atom stereocenters. The molecule has 0 aliphatic rings. The lowest BCUT2D eigenvalue weighted by Gasteiger charge is -2.07. The highest BCUT2D eigenvalue weighted by molar-refractivity contribution is 5.92. The number of aromatic nitrogens is 3. The molecule has 128 valence electrons. The highest BCUT2D eigenvalue weighted by Gasteiger charge is 2.13. The Morgan fingerprint density at radius 1 is 1.29 bits per heavy atom. The van der Waals surface area contributed by atoms with Crippen molar-refractivity contribution < 1.29 is 4.79 Å². The van der Waals surface area contributed by atoms with Gasteiger partial charge in [-0.25, -0.2) is 14.8 Å². The quantitative estimate of drug-likeness (QED) is 0.747. The molecule has 0 spiro atoms. The summed E-state index contributed by atoms with van der Waals surface area (Å²) in [5.74, 6) is 6.81. The molecule has 2 aromatic heterocycles. The third-order valence-corrected chi connectivity index (χ3v) is 3.43. The van der Waals surface area contributed by atoms with Crippen LogP contribution < -0.4 is 16.4 Å². The minimum absolute atomic E-state index is 0.217. The van der Waals surface area contributed by atoms with E-state index in [2.05, 4.69) is 46.3 Å². The second-order valence-corrected chi connectivity index (χ2v) is 6.26. The van der Waals surface area contributed by atoms with E-state index in [4.69, 9.17) is 5.73 Å². The van der Waals surface area contributed by atoms with Gasteiger partial charge in [-0.1, -0.05) is 25.7 Å². The molecule has 0 saturated heterocycles. The van der Waals surface area contributed by atoms with Crippen molar-refractivity contribution in [2.75, 3.05) is 18.8 Å². The number of carbonyl (C=O) groups excluding carboxylic acids is 1. The molecule has 0 bridgehead atoms. The molecule has 2 amide bonds. The molecule has 2 heterocycles. The van der Waals surface area contributed by atoms with E-state index in [0.717, 1.165) is 16.6 Å². The molecular weight excluding hydrogens is 304 g/mol. The Morgan fingerprint density at radius 3 is 2.71 bits per heavy atom. The standard InChI is InChI=1S/C17H24N6O/c1-11(2)8-20-17(24)19-7-5-6-13-9-23(12(3)4)16-14(13)15(18)21-10-22-16/h9-12H,7-8H2,1-4H3,(H2,18,21,22)(H2,19,20,24). The Balaban J connectivity index is 2.12. The summed E-state index contributed by atoms with van der Waals surface area (Å²) >= 11 is 0. The van der Waals surface area contributed by atoms with Crippen molar-refractivity contribution in [1.29, 1.82) is 0 Å². The Hall–Kier alpha value is -2.75. The van der Waals surface area contributed by atoms with Gasteiger partial charge in [0.25, 0.3) is 0 Å². The van der Waals surface area contributed by atoms with Crippen LogP contribution in [0.25, 0.3) is 11.0 Å². The smallest absolute Gasteiger partial charge is 0.315 e. The van der Waals surface area contributed by atoms with E-state index in [1.165, 1.54) is 6.33 Å². The van der Waals surface area contributed by atoms with Gasteiger partial charge in [-0.3, -0.25) is 0 Å². The van der Waals surface area contributed by atoms with Crippen molar-refractivity contribution in [3.05, 3.63) is 18.1 Å². The zero-order valence-electron chi connectivity index (χ0n) is 14.6. The lowest BCUT2D eigenvalue weighted by molar-refractivity contribution is 0.241. The maximum Gasteiger partial charge on any atom is 0.315 e. The van der Waals surface area contributed by atoms with Crippen LogP contribution in [0, 0.1) is 17.8 Å². The van der Waals surface area contributed by atoms with E-state index in [1.54, 1.807) is 0 Å². The van der Waals surface area contributed by atoms with Crippen LogP contribution in [0.2, 0.25) is 0 Å². The maximum atomic E-state index is 11.6. The number of fused-ring (bicyclic) bond motifs is 1. The Labute approximate surface area is 142 Å². The highest BCUT2D eigenvalue weighted by Crippen LogP contribution is 2.25. The molecule has 0 saturated carbocycles. The average Bonchev–Trinajstić information content (AvgIpc) is 2.90. The van der Waals surface area contributed by atoms with Crippen molar-refractivity contribution in [1.82, 2.24) is 25.2 Å². The first-order valence-electron chi connectivity index (χ1n) is 8.01. The SMILES string of the molecule is CC(C)CNC(=O)NCC#Cc1cn(C(C)C)c2ncnc(N)c12. The van der Waals surface area contributed by atoms with Crippen LogP contribution in [0.4, 0.5) is 10.6 Å². The number of nitrogens with one attached hydrogen (secondary N) is 2. The normalized spacial score (nSPS) is 10.8. The molecule has 0 aliphatic heterocycles. The molecule has 0 aromatic carbocycles. The Bertz CT molecular complexity index is 781. The summed E-state index contributed by atoms with van der Waals surface area (Å²) in [7, 11) is 0. The number of carbonyl (C=O) groups is 1. The van der Waals surface area contributed by atoms with E-state index < -0.39 is 0 Å². The van der Waals surface area contributed by atoms with Crippen LogP contribution in [-0.4, -0.2) is 33.7 Å². The maximum absolute atomic E-state index is 11.6. The van der Waals surface area contributed by atoms with Gasteiger partial charge in [0.1, 0.15) is 17.8 Å². The summed E-state index contributed by atoms with van der Waals surface area (Å²) < 4.78 is 2.01. The number of nitrogens with two attached hydrogens (primary N) is 1. The third kappa shape index (κ3) is 4.16. The molecule has 0 radical (unpaired) electrons. The third-order valence-electron chi connectivity index (χ3n) is 3.43. The fourth-order valence-corrected chi connectivity index (χ4v) is 2.22. The summed E-state index contributed by atoms with van der Waals surface area (Å²) in [4.78, 5) is 19.9. The predicted molar refractivity (Wildman–Crippen MR) is 95.4 cm³/mol. The number of nitrogen functional groups attached to an aromatic ring is 1. The van der Waals surface area contributed by atoms with Gasteiger partial charge >= 0.3 is 6.03 Å². The summed E-state index contributed by atoms with van der Waals surface area (Å²) in [6.07, 6.45) is 3.38. The fourth-order valence-electron chi connectivity index (χ4n) is 2.22. The number of rotatable bonds is 4. The van der Waals surface area contributed by atoms with Crippen LogP contribution >= 0.6 is 0 Å². The molecule has 2 rings (SSSR count). The second kappa shape index (κ2) is 7.68. The van der Waals surface area contributed by atoms with Gasteiger partial charge in [-0.2, -0.15) is 0 Å². The van der Waals surface area contributed by atoms with Gasteiger partial charge < -0.3 is 20.9 Å². The zero-order valence-corrected chi connectivity index (χ0v) is 14.6. The monoisotopic (exact) mass is 328 g/mol. The summed E-state index contributed by atoms with van der Waals surface area (Å²) in [6.45, 7) is 9.10. The molecular formula is C17H24N6O. The van der Waals surface area contributed by atoms with Gasteiger partial charge in [0.15, 0.2) is 0 Å². The van der Waals surface area contributed by atoms with E-state index in [9.17, 15) is 4.79 Å². The number of amides is 2. The largest absolute Gasteiger partial charge is 0.383 e. The first-order chi connectivity index (χ1) is 11.4. The zero-order chi connectivity index (χ0) is 17.7. The fraction of sp³-hybridized carbons (Fsp3) is 0.471. The number of hydrogen-bond donors (Lipinski definition) is 3. The molecule has 2 aromatic rings. The summed E-state index contributed by atoms with van der Waals surface area (Å²) in [5.41, 5.74) is 7.51. The van der Waals surface area contributed by atoms with E-state index in [0.29, 0.717) is 18.3 Å². The minimum Gasteiger partial charge on any atom is -0.383 e. The van der Waals surface area contributed by atoms with Crippen molar-refractivity contribution in [3.8, 4) is 11.8 Å². The van der Waals surface area contributed by atoms with Crippen LogP contribution in [0.15, 0.2) is 12.5 Å². The summed E-state index contributed by atoms with van der Waals surface area (Å²) in [5, 5.41) is 6.24. The van der Waals surface area contributed by atoms with Crippen LogP contribution in [0.1, 0.15) is 39.3 Å². The predicted octanol–water partition coefficient (Wildman–Crippen LogP) is 1.90. The van der Waals surface area contributed by atoms with Crippen molar-refractivity contribution in [3.63, 3.8) is 0 Å². The van der Waals surface area contributed by atoms with Gasteiger partial charge in [0.05, 0.1) is 17.5 Å². The molecule has 0 atom stereocenters. The second-order valence-electron chi connectivity index (χ2n) is 6.26. The molecule has 0 fully saturated rings. The Morgan fingerprint density at radius 2 is 2.04 bits per heavy atom. The number of hydrogen-bond acceptors (Lipinski definition) is 4. The summed E-state index contributed by atoms with van der Waals surface area (Å²) in [6, 6.07) is 0.0164. The van der Waals surface area contributed by atoms with Crippen LogP contribution in [-0.2, 0) is 0 Å².